The van der Waals surface area contributed by atoms with E-state index in [2.05, 4.69) is 15.7 Å². The van der Waals surface area contributed by atoms with Crippen LogP contribution in [-0.4, -0.2) is 70.9 Å². The minimum atomic E-state index is -1.65. The van der Waals surface area contributed by atoms with E-state index in [-0.39, 0.29) is 37.5 Å². The summed E-state index contributed by atoms with van der Waals surface area (Å²) < 4.78 is 32.8. The molecule has 34 heavy (non-hydrogen) atoms. The van der Waals surface area contributed by atoms with Crippen LogP contribution in [0, 0.1) is 11.3 Å². The van der Waals surface area contributed by atoms with Gasteiger partial charge in [0.25, 0.3) is 8.53 Å². The molecule has 13 heteroatoms. The summed E-state index contributed by atoms with van der Waals surface area (Å²) in [5, 5.41) is 8.96. The minimum absolute atomic E-state index is 0.0724. The van der Waals surface area contributed by atoms with E-state index in [9.17, 15) is 9.59 Å². The van der Waals surface area contributed by atoms with Crippen LogP contribution in [0.25, 0.3) is 0 Å². The van der Waals surface area contributed by atoms with Gasteiger partial charge in [-0.1, -0.05) is 0 Å². The van der Waals surface area contributed by atoms with Gasteiger partial charge in [0, 0.05) is 32.3 Å². The summed E-state index contributed by atoms with van der Waals surface area (Å²) in [7, 11) is -0.178. The van der Waals surface area contributed by atoms with Gasteiger partial charge in [-0.3, -0.25) is 9.36 Å². The molecule has 1 unspecified atom stereocenters. The fourth-order valence-corrected chi connectivity index (χ4v) is 5.43. The van der Waals surface area contributed by atoms with Gasteiger partial charge in [-0.2, -0.15) is 10.2 Å². The molecule has 0 saturated carbocycles. The largest absolute Gasteiger partial charge is 0.463 e. The molecular weight excluding hydrogens is 465 g/mol. The highest BCUT2D eigenvalue weighted by atomic mass is 31.2. The molecule has 1 aromatic rings. The number of rotatable bonds is 12. The van der Waals surface area contributed by atoms with Crippen LogP contribution in [0.15, 0.2) is 17.1 Å². The number of esters is 1. The van der Waals surface area contributed by atoms with Gasteiger partial charge in [0.2, 0.25) is 0 Å². The third-order valence-corrected chi connectivity index (χ3v) is 7.14. The van der Waals surface area contributed by atoms with Gasteiger partial charge in [-0.05, 0) is 33.8 Å². The van der Waals surface area contributed by atoms with E-state index >= 15 is 0 Å². The Hall–Kier alpha value is -2.13. The number of hydrogen-bond acceptors (Lipinski definition) is 11. The summed E-state index contributed by atoms with van der Waals surface area (Å²) in [6, 6.07) is 3.68. The number of methoxy groups -OCH3 is 1. The van der Waals surface area contributed by atoms with Crippen molar-refractivity contribution in [3.8, 4) is 6.07 Å². The Morgan fingerprint density at radius 2 is 2.03 bits per heavy atom. The summed E-state index contributed by atoms with van der Waals surface area (Å²) in [5.41, 5.74) is 5.01. The first-order chi connectivity index (χ1) is 16.1. The smallest absolute Gasteiger partial charge is 0.351 e. The van der Waals surface area contributed by atoms with Crippen LogP contribution in [0.5, 0.6) is 0 Å². The number of nitriles is 1. The second-order valence-electron chi connectivity index (χ2n) is 8.23. The summed E-state index contributed by atoms with van der Waals surface area (Å²) in [6.07, 6.45) is -1.50. The monoisotopic (exact) mass is 499 g/mol. The Morgan fingerprint density at radius 1 is 1.35 bits per heavy atom. The third-order valence-electron chi connectivity index (χ3n) is 5.01. The van der Waals surface area contributed by atoms with Crippen molar-refractivity contribution in [1.82, 2.24) is 14.2 Å². The second kappa shape index (κ2) is 13.1. The quantitative estimate of drug-likeness (QED) is 0.255. The molecule has 0 amide bonds. The number of nitrogens with zero attached hydrogens (tertiary/aromatic N) is 4. The van der Waals surface area contributed by atoms with Gasteiger partial charge in [-0.15, -0.1) is 0 Å². The molecule has 1 aromatic heterocycles. The topological polar surface area (TPSA) is 151 Å². The summed E-state index contributed by atoms with van der Waals surface area (Å²) in [5.74, 6) is -0.402. The Kier molecular flexibility index (Phi) is 10.8. The zero-order valence-corrected chi connectivity index (χ0v) is 21.3. The van der Waals surface area contributed by atoms with Crippen LogP contribution in [0.1, 0.15) is 47.3 Å². The molecule has 2 rings (SSSR count). The molecule has 12 nitrogen and oxygen atoms in total. The molecular formula is C21H34N5O7P. The van der Waals surface area contributed by atoms with Gasteiger partial charge in [-0.25, -0.2) is 9.46 Å². The first-order valence-corrected chi connectivity index (χ1v) is 12.1. The maximum absolute atomic E-state index is 12.5. The lowest BCUT2D eigenvalue weighted by molar-refractivity contribution is -0.147. The molecule has 1 saturated heterocycles. The highest BCUT2D eigenvalue weighted by Gasteiger charge is 2.50. The van der Waals surface area contributed by atoms with Crippen molar-refractivity contribution < 1.29 is 28.1 Å². The average molecular weight is 500 g/mol. The van der Waals surface area contributed by atoms with Crippen LogP contribution in [-0.2, 0) is 28.1 Å². The predicted molar refractivity (Wildman–Crippen MR) is 124 cm³/mol. The van der Waals surface area contributed by atoms with Crippen LogP contribution in [0.4, 0.5) is 5.82 Å². The van der Waals surface area contributed by atoms with Crippen molar-refractivity contribution in [3.05, 3.63) is 22.7 Å². The first kappa shape index (κ1) is 28.1. The number of carbonyl (C=O) groups excluding carboxylic acids is 1. The standard InChI is InChI=1S/C21H34N5O7P/c1-13(2)26(14(3)4)34(31-11-7-9-22)33-18-16(12-30-15(5)27)32-20(19(18)29-6)25-10-8-17(23)24-21(25)28/h8,10,13-14,16,18-20H,7,11-12H2,1-6H3,(H2,23,24,28)/t16-,18-,19-,20-,34?/m1/s1. The van der Waals surface area contributed by atoms with Gasteiger partial charge >= 0.3 is 11.7 Å². The fraction of sp³-hybridized carbons (Fsp3) is 0.714. The van der Waals surface area contributed by atoms with E-state index in [0.29, 0.717) is 0 Å². The summed E-state index contributed by atoms with van der Waals surface area (Å²) in [6.45, 7) is 9.44. The van der Waals surface area contributed by atoms with Crippen LogP contribution in [0.3, 0.4) is 0 Å². The van der Waals surface area contributed by atoms with Gasteiger partial charge in [0.1, 0.15) is 30.7 Å². The lowest BCUT2D eigenvalue weighted by atomic mass is 10.1. The predicted octanol–water partition coefficient (Wildman–Crippen LogP) is 1.96. The molecule has 5 atom stereocenters. The number of nitrogens with two attached hydrogens (primary N) is 1. The average Bonchev–Trinajstić information content (AvgIpc) is 3.08. The molecule has 190 valence electrons. The number of anilines is 1. The lowest BCUT2D eigenvalue weighted by Gasteiger charge is -2.38. The molecule has 0 aromatic carbocycles. The minimum Gasteiger partial charge on any atom is -0.463 e. The molecule has 0 bridgehead atoms. The molecule has 2 N–H and O–H groups in total. The zero-order valence-electron chi connectivity index (χ0n) is 20.4. The van der Waals surface area contributed by atoms with Crippen molar-refractivity contribution in [1.29, 1.82) is 5.26 Å². The van der Waals surface area contributed by atoms with Gasteiger partial charge < -0.3 is 29.0 Å². The number of ether oxygens (including phenoxy) is 3. The third kappa shape index (κ3) is 7.18. The van der Waals surface area contributed by atoms with Crippen molar-refractivity contribution in [2.75, 3.05) is 26.1 Å². The molecule has 2 heterocycles. The van der Waals surface area contributed by atoms with E-state index in [1.54, 1.807) is 0 Å². The molecule has 1 aliphatic heterocycles. The highest BCUT2D eigenvalue weighted by Crippen LogP contribution is 2.50. The highest BCUT2D eigenvalue weighted by molar-refractivity contribution is 7.44. The number of nitrogen functional groups attached to an aromatic ring is 1. The van der Waals surface area contributed by atoms with Crippen LogP contribution >= 0.6 is 8.53 Å². The Balaban J connectivity index is 2.42. The Labute approximate surface area is 200 Å². The van der Waals surface area contributed by atoms with E-state index in [0.717, 1.165) is 0 Å². The van der Waals surface area contributed by atoms with Crippen molar-refractivity contribution in [3.63, 3.8) is 0 Å². The second-order valence-corrected chi connectivity index (χ2v) is 9.63. The molecule has 0 radical (unpaired) electrons. The maximum Gasteiger partial charge on any atom is 0.351 e. The first-order valence-electron chi connectivity index (χ1n) is 11.0. The maximum atomic E-state index is 12.5. The van der Waals surface area contributed by atoms with E-state index < -0.39 is 44.7 Å². The molecule has 0 spiro atoms. The normalized spacial score (nSPS) is 23.4. The van der Waals surface area contributed by atoms with E-state index in [4.69, 9.17) is 34.3 Å². The lowest BCUT2D eigenvalue weighted by Crippen LogP contribution is -2.41. The Morgan fingerprint density at radius 3 is 2.56 bits per heavy atom. The van der Waals surface area contributed by atoms with Gasteiger partial charge in [0.15, 0.2) is 6.23 Å². The molecule has 1 fully saturated rings. The van der Waals surface area contributed by atoms with Crippen molar-refractivity contribution >= 4 is 20.3 Å². The van der Waals surface area contributed by atoms with Gasteiger partial charge in [0.05, 0.1) is 19.1 Å². The zero-order chi connectivity index (χ0) is 25.4. The van der Waals surface area contributed by atoms with E-state index in [1.807, 2.05) is 27.7 Å². The number of aromatic nitrogens is 2. The molecule has 1 aliphatic rings. The van der Waals surface area contributed by atoms with Crippen LogP contribution < -0.4 is 11.4 Å². The van der Waals surface area contributed by atoms with Crippen molar-refractivity contribution in [2.24, 2.45) is 0 Å². The number of carbonyl (C=O) groups is 1. The summed E-state index contributed by atoms with van der Waals surface area (Å²) in [4.78, 5) is 27.8. The van der Waals surface area contributed by atoms with Crippen molar-refractivity contribution in [2.45, 2.75) is 77.7 Å². The van der Waals surface area contributed by atoms with Crippen LogP contribution in [0.2, 0.25) is 0 Å². The Bertz CT molecular complexity index is 898. The number of hydrogen-bond donors (Lipinski definition) is 1. The molecule has 0 aliphatic carbocycles. The van der Waals surface area contributed by atoms with E-state index in [1.165, 1.54) is 30.9 Å². The fourth-order valence-electron chi connectivity index (χ4n) is 3.66. The summed E-state index contributed by atoms with van der Waals surface area (Å²) >= 11 is 0. The SMILES string of the molecule is CO[C@@H]1[C@H](OP(OCCC#N)N(C(C)C)C(C)C)[C@@H](COC(C)=O)O[C@H]1n1ccc(N)nc1=O.